The third kappa shape index (κ3) is 8.22. The summed E-state index contributed by atoms with van der Waals surface area (Å²) in [5.41, 5.74) is 1.39. The summed E-state index contributed by atoms with van der Waals surface area (Å²) < 4.78 is 5.92. The minimum absolute atomic E-state index is 0. The summed E-state index contributed by atoms with van der Waals surface area (Å²) in [7, 11) is 1.82. The first-order valence-electron chi connectivity index (χ1n) is 10.2. The Morgan fingerprint density at radius 1 is 1.07 bits per heavy atom. The lowest BCUT2D eigenvalue weighted by molar-refractivity contribution is 0.197. The molecule has 0 bridgehead atoms. The molecule has 1 fully saturated rings. The second-order valence-corrected chi connectivity index (χ2v) is 7.37. The predicted molar refractivity (Wildman–Crippen MR) is 131 cm³/mol. The Balaban J connectivity index is 0.00000300. The van der Waals surface area contributed by atoms with Gasteiger partial charge in [0, 0.05) is 32.7 Å². The highest BCUT2D eigenvalue weighted by atomic mass is 127. The highest BCUT2D eigenvalue weighted by molar-refractivity contribution is 14.0. The number of guanidine groups is 1. The normalized spacial score (nSPS) is 16.6. The summed E-state index contributed by atoms with van der Waals surface area (Å²) in [6, 6.07) is 21.1. The van der Waals surface area contributed by atoms with Gasteiger partial charge in [0.15, 0.2) is 5.96 Å². The molecule has 6 heteroatoms. The van der Waals surface area contributed by atoms with Crippen LogP contribution >= 0.6 is 24.0 Å². The number of halogens is 1. The molecule has 2 N–H and O–H groups in total. The van der Waals surface area contributed by atoms with E-state index in [9.17, 15) is 0 Å². The number of rotatable bonds is 7. The first-order valence-corrected chi connectivity index (χ1v) is 10.2. The van der Waals surface area contributed by atoms with Gasteiger partial charge in [0.05, 0.1) is 6.54 Å². The van der Waals surface area contributed by atoms with Gasteiger partial charge in [0.1, 0.15) is 11.9 Å². The van der Waals surface area contributed by atoms with E-state index in [1.165, 1.54) is 5.56 Å². The fourth-order valence-electron chi connectivity index (χ4n) is 3.48. The number of ether oxygens (including phenoxy) is 1. The zero-order valence-corrected chi connectivity index (χ0v) is 19.7. The van der Waals surface area contributed by atoms with E-state index in [4.69, 9.17) is 4.74 Å². The van der Waals surface area contributed by atoms with E-state index in [2.05, 4.69) is 57.8 Å². The number of para-hydroxylation sites is 1. The van der Waals surface area contributed by atoms with E-state index < -0.39 is 0 Å². The van der Waals surface area contributed by atoms with Crippen LogP contribution in [0.3, 0.4) is 0 Å². The maximum absolute atomic E-state index is 5.92. The van der Waals surface area contributed by atoms with E-state index in [1.54, 1.807) is 0 Å². The topological polar surface area (TPSA) is 48.9 Å². The summed E-state index contributed by atoms with van der Waals surface area (Å²) in [5, 5.41) is 6.95. The molecule has 1 unspecified atom stereocenters. The summed E-state index contributed by atoms with van der Waals surface area (Å²) in [6.07, 6.45) is 2.32. The van der Waals surface area contributed by atoms with Crippen molar-refractivity contribution in [3.63, 3.8) is 0 Å². The van der Waals surface area contributed by atoms with Gasteiger partial charge in [-0.25, -0.2) is 0 Å². The van der Waals surface area contributed by atoms with Crippen molar-refractivity contribution in [2.75, 3.05) is 26.7 Å². The molecular weight excluding hydrogens is 475 g/mol. The summed E-state index contributed by atoms with van der Waals surface area (Å²) in [4.78, 5) is 6.90. The maximum Gasteiger partial charge on any atom is 0.191 e. The molecule has 0 aromatic heterocycles. The van der Waals surface area contributed by atoms with E-state index in [1.807, 2.05) is 37.4 Å². The molecule has 0 radical (unpaired) electrons. The molecule has 158 valence electrons. The van der Waals surface area contributed by atoms with Gasteiger partial charge in [0.2, 0.25) is 0 Å². The van der Waals surface area contributed by atoms with Crippen molar-refractivity contribution in [1.29, 1.82) is 0 Å². The molecule has 3 rings (SSSR count). The van der Waals surface area contributed by atoms with Crippen molar-refractivity contribution in [1.82, 2.24) is 15.5 Å². The lowest BCUT2D eigenvalue weighted by Crippen LogP contribution is -2.49. The van der Waals surface area contributed by atoms with Gasteiger partial charge in [-0.2, -0.15) is 0 Å². The minimum Gasteiger partial charge on any atom is -0.489 e. The zero-order chi connectivity index (χ0) is 19.6. The number of hydrogen-bond acceptors (Lipinski definition) is 3. The first kappa shape index (κ1) is 23.5. The first-order chi connectivity index (χ1) is 13.7. The van der Waals surface area contributed by atoms with Crippen LogP contribution in [0, 0.1) is 0 Å². The zero-order valence-electron chi connectivity index (χ0n) is 17.4. The van der Waals surface area contributed by atoms with Crippen molar-refractivity contribution in [2.45, 2.75) is 38.5 Å². The van der Waals surface area contributed by atoms with Crippen LogP contribution in [-0.4, -0.2) is 49.7 Å². The van der Waals surface area contributed by atoms with E-state index >= 15 is 0 Å². The van der Waals surface area contributed by atoms with Crippen molar-refractivity contribution >= 4 is 29.9 Å². The van der Waals surface area contributed by atoms with Gasteiger partial charge in [-0.3, -0.25) is 9.89 Å². The third-order valence-electron chi connectivity index (χ3n) is 5.04. The van der Waals surface area contributed by atoms with Crippen LogP contribution in [0.25, 0.3) is 0 Å². The van der Waals surface area contributed by atoms with Crippen LogP contribution in [0.1, 0.15) is 25.3 Å². The van der Waals surface area contributed by atoms with Gasteiger partial charge in [-0.05, 0) is 37.5 Å². The van der Waals surface area contributed by atoms with Crippen molar-refractivity contribution in [3.05, 3.63) is 66.2 Å². The quantitative estimate of drug-likeness (QED) is 0.339. The fourth-order valence-corrected chi connectivity index (χ4v) is 3.48. The van der Waals surface area contributed by atoms with Crippen molar-refractivity contribution in [3.8, 4) is 5.75 Å². The molecule has 2 aromatic rings. The SMILES string of the molecule is CN=C(NCC(C)Oc1ccccc1)NC1CCN(Cc2ccccc2)CC1.I. The Hall–Kier alpha value is -1.80. The van der Waals surface area contributed by atoms with Crippen molar-refractivity contribution in [2.24, 2.45) is 4.99 Å². The highest BCUT2D eigenvalue weighted by Gasteiger charge is 2.20. The van der Waals surface area contributed by atoms with Crippen LogP contribution in [0.2, 0.25) is 0 Å². The molecule has 2 aromatic carbocycles. The number of benzene rings is 2. The van der Waals surface area contributed by atoms with Gasteiger partial charge < -0.3 is 15.4 Å². The Morgan fingerprint density at radius 3 is 2.31 bits per heavy atom. The molecule has 1 heterocycles. The van der Waals surface area contributed by atoms with E-state index in [0.29, 0.717) is 12.6 Å². The summed E-state index contributed by atoms with van der Waals surface area (Å²) in [5.74, 6) is 1.75. The lowest BCUT2D eigenvalue weighted by atomic mass is 10.0. The average molecular weight is 508 g/mol. The second-order valence-electron chi connectivity index (χ2n) is 7.37. The van der Waals surface area contributed by atoms with Gasteiger partial charge in [0.25, 0.3) is 0 Å². The maximum atomic E-state index is 5.92. The largest absolute Gasteiger partial charge is 0.489 e. The van der Waals surface area contributed by atoms with Crippen LogP contribution in [0.15, 0.2) is 65.7 Å². The van der Waals surface area contributed by atoms with Crippen LogP contribution in [0.4, 0.5) is 0 Å². The summed E-state index contributed by atoms with van der Waals surface area (Å²) in [6.45, 7) is 6.03. The molecular formula is C23H33IN4O. The second kappa shape index (κ2) is 12.7. The average Bonchev–Trinajstić information content (AvgIpc) is 2.74. The Labute approximate surface area is 192 Å². The molecule has 0 spiro atoms. The Morgan fingerprint density at radius 2 is 1.69 bits per heavy atom. The number of nitrogens with one attached hydrogen (secondary N) is 2. The molecule has 29 heavy (non-hydrogen) atoms. The summed E-state index contributed by atoms with van der Waals surface area (Å²) >= 11 is 0. The smallest absolute Gasteiger partial charge is 0.191 e. The molecule has 1 aliphatic heterocycles. The van der Waals surface area contributed by atoms with E-state index in [0.717, 1.165) is 44.2 Å². The Kier molecular flexibility index (Phi) is 10.3. The Bertz CT molecular complexity index is 718. The number of hydrogen-bond donors (Lipinski definition) is 2. The lowest BCUT2D eigenvalue weighted by Gasteiger charge is -2.33. The highest BCUT2D eigenvalue weighted by Crippen LogP contribution is 2.14. The number of likely N-dealkylation sites (tertiary alicyclic amines) is 1. The van der Waals surface area contributed by atoms with Crippen LogP contribution in [0.5, 0.6) is 5.75 Å². The predicted octanol–water partition coefficient (Wildman–Crippen LogP) is 3.90. The molecule has 1 aliphatic rings. The minimum atomic E-state index is 0. The molecule has 0 aliphatic carbocycles. The molecule has 1 saturated heterocycles. The molecule has 1 atom stereocenters. The number of aliphatic imine (C=N–C) groups is 1. The number of nitrogens with zero attached hydrogens (tertiary/aromatic N) is 2. The van der Waals surface area contributed by atoms with Gasteiger partial charge in [-0.1, -0.05) is 48.5 Å². The van der Waals surface area contributed by atoms with Gasteiger partial charge >= 0.3 is 0 Å². The molecule has 0 saturated carbocycles. The molecule has 5 nitrogen and oxygen atoms in total. The monoisotopic (exact) mass is 508 g/mol. The van der Waals surface area contributed by atoms with Gasteiger partial charge in [-0.15, -0.1) is 24.0 Å². The third-order valence-corrected chi connectivity index (χ3v) is 5.04. The molecule has 0 amide bonds. The van der Waals surface area contributed by atoms with Crippen LogP contribution < -0.4 is 15.4 Å². The van der Waals surface area contributed by atoms with E-state index in [-0.39, 0.29) is 30.1 Å². The van der Waals surface area contributed by atoms with Crippen LogP contribution in [-0.2, 0) is 6.54 Å². The van der Waals surface area contributed by atoms with Crippen molar-refractivity contribution < 1.29 is 4.74 Å². The fraction of sp³-hybridized carbons (Fsp3) is 0.435. The number of piperidine rings is 1. The standard InChI is InChI=1S/C23H32N4O.HI/c1-19(28-22-11-7-4-8-12-22)17-25-23(24-2)26-21-13-15-27(16-14-21)18-20-9-5-3-6-10-20;/h3-12,19,21H,13-18H2,1-2H3,(H2,24,25,26);1H.